The first kappa shape index (κ1) is 8.86. The normalized spacial score (nSPS) is 47.7. The van der Waals surface area contributed by atoms with Crippen molar-refractivity contribution >= 4 is 0 Å². The Balaban J connectivity index is 2.63. The van der Waals surface area contributed by atoms with Crippen molar-refractivity contribution in [1.29, 1.82) is 0 Å². The molecule has 3 N–H and O–H groups in total. The van der Waals surface area contributed by atoms with E-state index in [0.29, 0.717) is 0 Å². The van der Waals surface area contributed by atoms with Crippen LogP contribution >= 0.6 is 0 Å². The Hall–Kier alpha value is -0.230. The van der Waals surface area contributed by atoms with E-state index in [4.69, 9.17) is 15.3 Å². The third kappa shape index (κ3) is 1.51. The highest BCUT2D eigenvalue weighted by Gasteiger charge is 2.39. The molecule has 1 rings (SSSR count). The molecule has 11 heavy (non-hydrogen) atoms. The number of hydrogen-bond donors (Lipinski definition) is 3. The SMILES string of the molecule is CN1C[C@@H](F)[C@H](O)[C@@H](O)[C@H]1O. The molecule has 0 spiro atoms. The van der Waals surface area contributed by atoms with Crippen molar-refractivity contribution in [1.82, 2.24) is 4.90 Å². The van der Waals surface area contributed by atoms with Crippen molar-refractivity contribution in [2.45, 2.75) is 24.6 Å². The Kier molecular flexibility index (Phi) is 2.43. The molecule has 0 bridgehead atoms. The maximum Gasteiger partial charge on any atom is 0.141 e. The minimum Gasteiger partial charge on any atom is -0.387 e. The van der Waals surface area contributed by atoms with E-state index >= 15 is 0 Å². The summed E-state index contributed by atoms with van der Waals surface area (Å²) >= 11 is 0. The average molecular weight is 165 g/mol. The van der Waals surface area contributed by atoms with E-state index in [0.717, 1.165) is 0 Å². The number of rotatable bonds is 0. The number of likely N-dealkylation sites (tertiary alicyclic amines) is 1. The zero-order valence-corrected chi connectivity index (χ0v) is 6.18. The standard InChI is InChI=1S/C6H12FNO3/c1-8-2-3(7)4(9)5(10)6(8)11/h3-6,9-11H,2H2,1H3/t3-,4+,5-,6-/m1/s1. The molecule has 0 radical (unpaired) electrons. The summed E-state index contributed by atoms with van der Waals surface area (Å²) in [5, 5.41) is 27.0. The fourth-order valence-electron chi connectivity index (χ4n) is 1.14. The van der Waals surface area contributed by atoms with Gasteiger partial charge in [-0.3, -0.25) is 4.90 Å². The van der Waals surface area contributed by atoms with Gasteiger partial charge in [0.05, 0.1) is 0 Å². The maximum absolute atomic E-state index is 12.7. The first-order valence-electron chi connectivity index (χ1n) is 3.42. The summed E-state index contributed by atoms with van der Waals surface area (Å²) in [5.74, 6) is 0. The number of alkyl halides is 1. The van der Waals surface area contributed by atoms with Gasteiger partial charge in [-0.25, -0.2) is 4.39 Å². The fraction of sp³-hybridized carbons (Fsp3) is 1.00. The van der Waals surface area contributed by atoms with Gasteiger partial charge in [0.2, 0.25) is 0 Å². The summed E-state index contributed by atoms with van der Waals surface area (Å²) in [6, 6.07) is 0. The van der Waals surface area contributed by atoms with Gasteiger partial charge in [0, 0.05) is 6.54 Å². The van der Waals surface area contributed by atoms with E-state index in [1.54, 1.807) is 0 Å². The van der Waals surface area contributed by atoms with Gasteiger partial charge in [-0.05, 0) is 7.05 Å². The predicted octanol–water partition coefficient (Wildman–Crippen LogP) is -1.69. The molecule has 1 aliphatic rings. The topological polar surface area (TPSA) is 63.9 Å². The lowest BCUT2D eigenvalue weighted by atomic mass is 10.0. The van der Waals surface area contributed by atoms with Gasteiger partial charge in [0.15, 0.2) is 0 Å². The van der Waals surface area contributed by atoms with E-state index in [1.807, 2.05) is 0 Å². The molecular weight excluding hydrogens is 153 g/mol. The van der Waals surface area contributed by atoms with Crippen LogP contribution in [0.25, 0.3) is 0 Å². The lowest BCUT2D eigenvalue weighted by Crippen LogP contribution is -2.58. The summed E-state index contributed by atoms with van der Waals surface area (Å²) in [7, 11) is 1.48. The van der Waals surface area contributed by atoms with Crippen LogP contribution in [0.3, 0.4) is 0 Å². The van der Waals surface area contributed by atoms with E-state index in [2.05, 4.69) is 0 Å². The van der Waals surface area contributed by atoms with Crippen molar-refractivity contribution in [3.8, 4) is 0 Å². The molecule has 0 saturated carbocycles. The predicted molar refractivity (Wildman–Crippen MR) is 35.5 cm³/mol. The molecular formula is C6H12FNO3. The molecule has 1 heterocycles. The second kappa shape index (κ2) is 3.02. The van der Waals surface area contributed by atoms with Gasteiger partial charge in [-0.15, -0.1) is 0 Å². The Labute approximate surface area is 63.9 Å². The average Bonchev–Trinajstić information content (AvgIpc) is 1.97. The Bertz CT molecular complexity index is 132. The maximum atomic E-state index is 12.7. The zero-order chi connectivity index (χ0) is 8.59. The largest absolute Gasteiger partial charge is 0.387 e. The third-order valence-electron chi connectivity index (χ3n) is 1.94. The van der Waals surface area contributed by atoms with Crippen molar-refractivity contribution in [2.75, 3.05) is 13.6 Å². The molecule has 1 aliphatic heterocycles. The lowest BCUT2D eigenvalue weighted by molar-refractivity contribution is -0.172. The van der Waals surface area contributed by atoms with E-state index in [1.165, 1.54) is 11.9 Å². The summed E-state index contributed by atoms with van der Waals surface area (Å²) in [4.78, 5) is 1.25. The summed E-state index contributed by atoms with van der Waals surface area (Å²) in [6.45, 7) is -0.0562. The van der Waals surface area contributed by atoms with Gasteiger partial charge >= 0.3 is 0 Å². The van der Waals surface area contributed by atoms with Crippen molar-refractivity contribution in [3.05, 3.63) is 0 Å². The van der Waals surface area contributed by atoms with Gasteiger partial charge in [0.25, 0.3) is 0 Å². The van der Waals surface area contributed by atoms with Gasteiger partial charge < -0.3 is 15.3 Å². The molecule has 4 atom stereocenters. The molecule has 4 nitrogen and oxygen atoms in total. The molecule has 0 amide bonds. The van der Waals surface area contributed by atoms with Crippen LogP contribution in [0.15, 0.2) is 0 Å². The van der Waals surface area contributed by atoms with Crippen molar-refractivity contribution in [2.24, 2.45) is 0 Å². The highest BCUT2D eigenvalue weighted by Crippen LogP contribution is 2.17. The molecule has 1 fully saturated rings. The number of likely N-dealkylation sites (N-methyl/N-ethyl adjacent to an activating group) is 1. The number of aliphatic hydroxyl groups excluding tert-OH is 3. The van der Waals surface area contributed by atoms with E-state index < -0.39 is 24.6 Å². The Morgan fingerprint density at radius 1 is 1.27 bits per heavy atom. The van der Waals surface area contributed by atoms with Gasteiger partial charge in [0.1, 0.15) is 24.6 Å². The smallest absolute Gasteiger partial charge is 0.141 e. The number of nitrogens with zero attached hydrogens (tertiary/aromatic N) is 1. The van der Waals surface area contributed by atoms with Crippen LogP contribution in [0.1, 0.15) is 0 Å². The van der Waals surface area contributed by atoms with Crippen LogP contribution in [0.4, 0.5) is 4.39 Å². The zero-order valence-electron chi connectivity index (χ0n) is 6.18. The van der Waals surface area contributed by atoms with Crippen LogP contribution in [0, 0.1) is 0 Å². The van der Waals surface area contributed by atoms with Gasteiger partial charge in [-0.1, -0.05) is 0 Å². The summed E-state index contributed by atoms with van der Waals surface area (Å²) in [5.41, 5.74) is 0. The number of aliphatic hydroxyl groups is 3. The van der Waals surface area contributed by atoms with Gasteiger partial charge in [-0.2, -0.15) is 0 Å². The molecule has 0 unspecified atom stereocenters. The molecule has 0 aromatic rings. The number of hydrogen-bond acceptors (Lipinski definition) is 4. The van der Waals surface area contributed by atoms with Crippen LogP contribution in [0.5, 0.6) is 0 Å². The monoisotopic (exact) mass is 165 g/mol. The van der Waals surface area contributed by atoms with Crippen LogP contribution in [-0.2, 0) is 0 Å². The first-order valence-corrected chi connectivity index (χ1v) is 3.42. The molecule has 1 saturated heterocycles. The Morgan fingerprint density at radius 2 is 1.82 bits per heavy atom. The van der Waals surface area contributed by atoms with Crippen molar-refractivity contribution in [3.63, 3.8) is 0 Å². The minimum atomic E-state index is -1.49. The first-order chi connectivity index (χ1) is 5.04. The van der Waals surface area contributed by atoms with Crippen LogP contribution in [-0.4, -0.2) is 58.4 Å². The fourth-order valence-corrected chi connectivity index (χ4v) is 1.14. The highest BCUT2D eigenvalue weighted by atomic mass is 19.1. The summed E-state index contributed by atoms with van der Waals surface area (Å²) in [6.07, 6.45) is -5.54. The third-order valence-corrected chi connectivity index (χ3v) is 1.94. The number of piperidine rings is 1. The molecule has 0 aliphatic carbocycles. The van der Waals surface area contributed by atoms with Crippen molar-refractivity contribution < 1.29 is 19.7 Å². The van der Waals surface area contributed by atoms with E-state index in [9.17, 15) is 4.39 Å². The molecule has 0 aromatic carbocycles. The van der Waals surface area contributed by atoms with Crippen LogP contribution in [0.2, 0.25) is 0 Å². The summed E-state index contributed by atoms with van der Waals surface area (Å²) < 4.78 is 12.7. The minimum absolute atomic E-state index is 0.0562. The molecule has 5 heteroatoms. The second-order valence-corrected chi connectivity index (χ2v) is 2.85. The van der Waals surface area contributed by atoms with Crippen LogP contribution < -0.4 is 0 Å². The lowest BCUT2D eigenvalue weighted by Gasteiger charge is -2.37. The van der Waals surface area contributed by atoms with E-state index in [-0.39, 0.29) is 6.54 Å². The molecule has 66 valence electrons. The quantitative estimate of drug-likeness (QED) is 0.401. The Morgan fingerprint density at radius 3 is 2.36 bits per heavy atom. The number of halogens is 1. The highest BCUT2D eigenvalue weighted by molar-refractivity contribution is 4.87. The second-order valence-electron chi connectivity index (χ2n) is 2.85. The molecule has 0 aromatic heterocycles.